The molecule has 0 aliphatic carbocycles. The normalized spacial score (nSPS) is 16.4. The smallest absolute Gasteiger partial charge is 0.258 e. The number of carbonyl (C=O) groups excluding carboxylic acids is 3. The fraction of sp³-hybridized carbons (Fsp3) is 0.208. The summed E-state index contributed by atoms with van der Waals surface area (Å²) in [6, 6.07) is 16.2. The van der Waals surface area contributed by atoms with Crippen LogP contribution in [-0.2, 0) is 9.59 Å². The van der Waals surface area contributed by atoms with Crippen molar-refractivity contribution in [3.8, 4) is 0 Å². The highest BCUT2D eigenvalue weighted by Crippen LogP contribution is 2.37. The van der Waals surface area contributed by atoms with E-state index in [0.717, 1.165) is 12.0 Å². The molecule has 2 aromatic carbocycles. The second kappa shape index (κ2) is 8.20. The van der Waals surface area contributed by atoms with Crippen molar-refractivity contribution in [2.45, 2.75) is 19.5 Å². The predicted molar refractivity (Wildman–Crippen MR) is 118 cm³/mol. The van der Waals surface area contributed by atoms with Gasteiger partial charge in [-0.25, -0.2) is 0 Å². The van der Waals surface area contributed by atoms with Gasteiger partial charge in [0.1, 0.15) is 0 Å². The minimum absolute atomic E-state index is 0.0899. The van der Waals surface area contributed by atoms with E-state index in [1.165, 1.54) is 0 Å². The van der Waals surface area contributed by atoms with Crippen LogP contribution in [0.25, 0.3) is 11.4 Å². The zero-order valence-corrected chi connectivity index (χ0v) is 17.7. The van der Waals surface area contributed by atoms with E-state index in [1.54, 1.807) is 24.3 Å². The SMILES string of the molecule is CCC(NC(=O)c1cccc(C2=C3C(=O)NC(c4ccccc4)=C3C(=O)N2)c1)N(C)C. The highest BCUT2D eigenvalue weighted by Gasteiger charge is 2.40. The molecule has 0 saturated carbocycles. The minimum Gasteiger partial charge on any atom is -0.337 e. The third-order valence-electron chi connectivity index (χ3n) is 5.46. The van der Waals surface area contributed by atoms with Crippen molar-refractivity contribution in [3.05, 3.63) is 82.4 Å². The van der Waals surface area contributed by atoms with Crippen LogP contribution in [0.3, 0.4) is 0 Å². The first-order chi connectivity index (χ1) is 14.9. The van der Waals surface area contributed by atoms with Crippen LogP contribution in [0.4, 0.5) is 0 Å². The second-order valence-corrected chi connectivity index (χ2v) is 7.72. The molecular weight excluding hydrogens is 392 g/mol. The van der Waals surface area contributed by atoms with E-state index in [9.17, 15) is 14.4 Å². The Hall–Kier alpha value is -3.71. The van der Waals surface area contributed by atoms with Gasteiger partial charge >= 0.3 is 0 Å². The van der Waals surface area contributed by atoms with Crippen molar-refractivity contribution in [2.75, 3.05) is 14.1 Å². The van der Waals surface area contributed by atoms with E-state index in [1.807, 2.05) is 56.3 Å². The Balaban J connectivity index is 1.72. The Morgan fingerprint density at radius 1 is 0.903 bits per heavy atom. The average molecular weight is 416 g/mol. The molecule has 2 aliphatic heterocycles. The summed E-state index contributed by atoms with van der Waals surface area (Å²) in [6.45, 7) is 2.00. The van der Waals surface area contributed by atoms with Crippen molar-refractivity contribution in [2.24, 2.45) is 0 Å². The fourth-order valence-corrected chi connectivity index (χ4v) is 3.87. The molecule has 2 heterocycles. The molecule has 1 atom stereocenters. The van der Waals surface area contributed by atoms with Crippen LogP contribution in [0.2, 0.25) is 0 Å². The van der Waals surface area contributed by atoms with Crippen LogP contribution in [0.1, 0.15) is 34.8 Å². The maximum atomic E-state index is 12.8. The number of rotatable bonds is 6. The second-order valence-electron chi connectivity index (χ2n) is 7.72. The number of carbonyl (C=O) groups is 3. The average Bonchev–Trinajstić information content (AvgIpc) is 3.30. The van der Waals surface area contributed by atoms with E-state index < -0.39 is 0 Å². The summed E-state index contributed by atoms with van der Waals surface area (Å²) < 4.78 is 0. The molecule has 31 heavy (non-hydrogen) atoms. The van der Waals surface area contributed by atoms with Crippen LogP contribution in [-0.4, -0.2) is 42.9 Å². The van der Waals surface area contributed by atoms with Crippen molar-refractivity contribution >= 4 is 29.1 Å². The highest BCUT2D eigenvalue weighted by molar-refractivity contribution is 6.30. The lowest BCUT2D eigenvalue weighted by Crippen LogP contribution is -2.44. The molecule has 7 nitrogen and oxygen atoms in total. The Kier molecular flexibility index (Phi) is 5.44. The van der Waals surface area contributed by atoms with Crippen LogP contribution in [0, 0.1) is 0 Å². The van der Waals surface area contributed by atoms with Gasteiger partial charge in [0.05, 0.1) is 28.7 Å². The quantitative estimate of drug-likeness (QED) is 0.629. The molecule has 2 aromatic rings. The summed E-state index contributed by atoms with van der Waals surface area (Å²) in [5.74, 6) is -0.889. The van der Waals surface area contributed by atoms with Crippen LogP contribution in [0.5, 0.6) is 0 Å². The summed E-state index contributed by atoms with van der Waals surface area (Å²) in [6.07, 6.45) is 0.674. The lowest BCUT2D eigenvalue weighted by molar-refractivity contribution is -0.117. The molecule has 158 valence electrons. The van der Waals surface area contributed by atoms with Crippen molar-refractivity contribution in [1.29, 1.82) is 0 Å². The molecule has 0 fully saturated rings. The number of amides is 3. The molecule has 0 saturated heterocycles. The van der Waals surface area contributed by atoms with Crippen molar-refractivity contribution in [3.63, 3.8) is 0 Å². The molecule has 7 heteroatoms. The summed E-state index contributed by atoms with van der Waals surface area (Å²) in [5.41, 5.74) is 3.38. The van der Waals surface area contributed by atoms with Gasteiger partial charge in [0.15, 0.2) is 0 Å². The number of nitrogens with one attached hydrogen (secondary N) is 3. The minimum atomic E-state index is -0.337. The van der Waals surface area contributed by atoms with E-state index in [-0.39, 0.29) is 23.9 Å². The molecule has 0 radical (unpaired) electrons. The van der Waals surface area contributed by atoms with Crippen molar-refractivity contribution in [1.82, 2.24) is 20.9 Å². The zero-order chi connectivity index (χ0) is 22.1. The third-order valence-corrected chi connectivity index (χ3v) is 5.46. The Labute approximate surface area is 180 Å². The lowest BCUT2D eigenvalue weighted by atomic mass is 10.0. The van der Waals surface area contributed by atoms with Gasteiger partial charge in [0.25, 0.3) is 17.7 Å². The lowest BCUT2D eigenvalue weighted by Gasteiger charge is -2.24. The molecule has 0 spiro atoms. The predicted octanol–water partition coefficient (Wildman–Crippen LogP) is 2.10. The molecular formula is C24H24N4O3. The van der Waals surface area contributed by atoms with Gasteiger partial charge in [-0.2, -0.15) is 0 Å². The first-order valence-electron chi connectivity index (χ1n) is 10.2. The summed E-state index contributed by atoms with van der Waals surface area (Å²) in [4.78, 5) is 40.2. The molecule has 0 bridgehead atoms. The highest BCUT2D eigenvalue weighted by atomic mass is 16.2. The molecule has 3 N–H and O–H groups in total. The van der Waals surface area contributed by atoms with Gasteiger partial charge in [-0.3, -0.25) is 19.3 Å². The largest absolute Gasteiger partial charge is 0.337 e. The van der Waals surface area contributed by atoms with Crippen LogP contribution < -0.4 is 16.0 Å². The van der Waals surface area contributed by atoms with E-state index >= 15 is 0 Å². The Morgan fingerprint density at radius 3 is 2.06 bits per heavy atom. The first-order valence-corrected chi connectivity index (χ1v) is 10.2. The molecule has 4 rings (SSSR count). The molecule has 2 aliphatic rings. The van der Waals surface area contributed by atoms with E-state index in [2.05, 4.69) is 16.0 Å². The van der Waals surface area contributed by atoms with Gasteiger partial charge in [-0.15, -0.1) is 0 Å². The summed E-state index contributed by atoms with van der Waals surface area (Å²) in [7, 11) is 3.81. The van der Waals surface area contributed by atoms with Gasteiger partial charge in [-0.1, -0.05) is 49.4 Å². The Bertz CT molecular complexity index is 1130. The standard InChI is InChI=1S/C24H24N4O3/c1-4-17(28(2)3)25-22(29)16-12-8-11-15(13-16)21-19-18(23(30)27-21)20(26-24(19)31)14-9-6-5-7-10-14/h5-13,17H,4H2,1-3H3,(H,25,29)(H,26,31)(H,27,30). The zero-order valence-electron chi connectivity index (χ0n) is 17.7. The maximum Gasteiger partial charge on any atom is 0.258 e. The summed E-state index contributed by atoms with van der Waals surface area (Å²) >= 11 is 0. The third kappa shape index (κ3) is 3.75. The van der Waals surface area contributed by atoms with Gasteiger partial charge < -0.3 is 16.0 Å². The van der Waals surface area contributed by atoms with Crippen LogP contribution in [0.15, 0.2) is 65.7 Å². The molecule has 3 amide bonds. The van der Waals surface area contributed by atoms with Crippen molar-refractivity contribution < 1.29 is 14.4 Å². The number of nitrogens with zero attached hydrogens (tertiary/aromatic N) is 1. The Morgan fingerprint density at radius 2 is 1.48 bits per heavy atom. The number of hydrogen-bond acceptors (Lipinski definition) is 4. The summed E-state index contributed by atoms with van der Waals surface area (Å²) in [5, 5.41) is 8.63. The molecule has 0 aromatic heterocycles. The fourth-order valence-electron chi connectivity index (χ4n) is 3.87. The number of fused-ring (bicyclic) bond motifs is 1. The maximum absolute atomic E-state index is 12.8. The number of hydrogen-bond donors (Lipinski definition) is 3. The van der Waals surface area contributed by atoms with Crippen LogP contribution >= 0.6 is 0 Å². The van der Waals surface area contributed by atoms with E-state index in [4.69, 9.17) is 0 Å². The van der Waals surface area contributed by atoms with Gasteiger partial charge in [0, 0.05) is 5.56 Å². The van der Waals surface area contributed by atoms with Gasteiger partial charge in [-0.05, 0) is 43.8 Å². The number of benzene rings is 2. The topological polar surface area (TPSA) is 90.5 Å². The van der Waals surface area contributed by atoms with E-state index in [0.29, 0.717) is 33.7 Å². The molecule has 1 unspecified atom stereocenters. The van der Waals surface area contributed by atoms with Gasteiger partial charge in [0.2, 0.25) is 0 Å². The monoisotopic (exact) mass is 416 g/mol. The first kappa shape index (κ1) is 20.6.